The molecule has 0 heterocycles. The molecule has 0 bridgehead atoms. The summed E-state index contributed by atoms with van der Waals surface area (Å²) in [5.74, 6) is 0.857. The molecule has 0 saturated carbocycles. The highest BCUT2D eigenvalue weighted by molar-refractivity contribution is 6.59. The first-order valence-electron chi connectivity index (χ1n) is 4.67. The molecule has 0 aliphatic rings. The van der Waals surface area contributed by atoms with Gasteiger partial charge in [-0.25, -0.2) is 0 Å². The molecule has 13 heavy (non-hydrogen) atoms. The fraction of sp³-hybridized carbons (Fsp3) is 0.778. The van der Waals surface area contributed by atoms with Gasteiger partial charge in [0.2, 0.25) is 0 Å². The SMILES string of the molecule is CC=C(C)O[Si](C)(OCC)OCC. The molecule has 0 N–H and O–H groups in total. The van der Waals surface area contributed by atoms with Crippen LogP contribution >= 0.6 is 0 Å². The molecule has 0 aliphatic heterocycles. The van der Waals surface area contributed by atoms with Crippen LogP contribution in [-0.2, 0) is 13.3 Å². The van der Waals surface area contributed by atoms with Gasteiger partial charge < -0.3 is 13.3 Å². The lowest BCUT2D eigenvalue weighted by Crippen LogP contribution is -2.42. The Balaban J connectivity index is 4.22. The van der Waals surface area contributed by atoms with Crippen LogP contribution in [-0.4, -0.2) is 22.0 Å². The van der Waals surface area contributed by atoms with Crippen molar-refractivity contribution in [1.29, 1.82) is 0 Å². The van der Waals surface area contributed by atoms with Crippen molar-refractivity contribution in [1.82, 2.24) is 0 Å². The molecule has 78 valence electrons. The molecule has 4 heteroatoms. The predicted molar refractivity (Wildman–Crippen MR) is 55.4 cm³/mol. The molecule has 0 atom stereocenters. The molecule has 0 aromatic heterocycles. The smallest absolute Gasteiger partial charge is 0.505 e. The van der Waals surface area contributed by atoms with Gasteiger partial charge in [-0.2, -0.15) is 0 Å². The predicted octanol–water partition coefficient (Wildman–Crippen LogP) is 2.57. The highest BCUT2D eigenvalue weighted by atomic mass is 28.4. The highest BCUT2D eigenvalue weighted by Gasteiger charge is 2.36. The van der Waals surface area contributed by atoms with E-state index < -0.39 is 8.80 Å². The average molecular weight is 204 g/mol. The molecule has 0 aromatic rings. The molecule has 0 aromatic carbocycles. The molecule has 0 unspecified atom stereocenters. The van der Waals surface area contributed by atoms with Gasteiger partial charge in [0.15, 0.2) is 0 Å². The first-order chi connectivity index (χ1) is 6.08. The van der Waals surface area contributed by atoms with Gasteiger partial charge in [0.25, 0.3) is 0 Å². The van der Waals surface area contributed by atoms with Gasteiger partial charge in [0, 0.05) is 19.8 Å². The third kappa shape index (κ3) is 5.08. The lowest BCUT2D eigenvalue weighted by atomic mass is 10.5. The minimum absolute atomic E-state index is 0.625. The Hall–Kier alpha value is -0.323. The van der Waals surface area contributed by atoms with E-state index in [1.54, 1.807) is 0 Å². The van der Waals surface area contributed by atoms with Gasteiger partial charge in [-0.05, 0) is 27.7 Å². The quantitative estimate of drug-likeness (QED) is 0.491. The van der Waals surface area contributed by atoms with Crippen LogP contribution in [0.3, 0.4) is 0 Å². The maximum atomic E-state index is 5.62. The van der Waals surface area contributed by atoms with E-state index in [1.807, 2.05) is 40.3 Å². The van der Waals surface area contributed by atoms with Crippen molar-refractivity contribution in [2.24, 2.45) is 0 Å². The summed E-state index contributed by atoms with van der Waals surface area (Å²) in [7, 11) is -2.40. The molecule has 0 rings (SSSR count). The maximum Gasteiger partial charge on any atom is 0.562 e. The van der Waals surface area contributed by atoms with Crippen molar-refractivity contribution in [2.75, 3.05) is 13.2 Å². The molecular formula is C9H20O3Si. The Morgan fingerprint density at radius 2 is 1.69 bits per heavy atom. The Morgan fingerprint density at radius 3 is 2.00 bits per heavy atom. The standard InChI is InChI=1S/C9H20O3Si/c1-6-9(4)12-13(5,10-7-2)11-8-3/h6H,7-8H2,1-5H3. The molecule has 0 amide bonds. The Morgan fingerprint density at radius 1 is 1.23 bits per heavy atom. The molecule has 0 fully saturated rings. The van der Waals surface area contributed by atoms with Gasteiger partial charge >= 0.3 is 8.80 Å². The van der Waals surface area contributed by atoms with E-state index in [1.165, 1.54) is 0 Å². The second kappa shape index (κ2) is 6.18. The second-order valence-corrected chi connectivity index (χ2v) is 5.24. The van der Waals surface area contributed by atoms with E-state index in [4.69, 9.17) is 13.3 Å². The highest BCUT2D eigenvalue weighted by Crippen LogP contribution is 2.13. The van der Waals surface area contributed by atoms with Crippen LogP contribution in [0.4, 0.5) is 0 Å². The summed E-state index contributed by atoms with van der Waals surface area (Å²) in [5.41, 5.74) is 0. The third-order valence-corrected chi connectivity index (χ3v) is 3.88. The molecule has 0 radical (unpaired) electrons. The zero-order chi connectivity index (χ0) is 10.3. The molecule has 0 aliphatic carbocycles. The van der Waals surface area contributed by atoms with Gasteiger partial charge in [-0.3, -0.25) is 0 Å². The first kappa shape index (κ1) is 12.7. The zero-order valence-corrected chi connectivity index (χ0v) is 10.2. The van der Waals surface area contributed by atoms with Gasteiger partial charge in [0.1, 0.15) is 0 Å². The van der Waals surface area contributed by atoms with Crippen LogP contribution in [0.25, 0.3) is 0 Å². The van der Waals surface area contributed by atoms with Crippen LogP contribution in [0, 0.1) is 0 Å². The second-order valence-electron chi connectivity index (χ2n) is 2.73. The lowest BCUT2D eigenvalue weighted by molar-refractivity contribution is 0.0990. The van der Waals surface area contributed by atoms with Crippen LogP contribution in [0.1, 0.15) is 27.7 Å². The Kier molecular flexibility index (Phi) is 6.03. The van der Waals surface area contributed by atoms with Crippen LogP contribution in [0.2, 0.25) is 6.55 Å². The van der Waals surface area contributed by atoms with Gasteiger partial charge in [-0.15, -0.1) is 0 Å². The summed E-state index contributed by atoms with van der Waals surface area (Å²) in [6.45, 7) is 10.9. The van der Waals surface area contributed by atoms with Crippen molar-refractivity contribution < 1.29 is 13.3 Å². The van der Waals surface area contributed by atoms with E-state index in [0.29, 0.717) is 13.2 Å². The molecule has 0 spiro atoms. The average Bonchev–Trinajstić information content (AvgIpc) is 2.04. The fourth-order valence-electron chi connectivity index (χ4n) is 0.976. The summed E-state index contributed by atoms with van der Waals surface area (Å²) in [6.07, 6.45) is 1.91. The monoisotopic (exact) mass is 204 g/mol. The van der Waals surface area contributed by atoms with Gasteiger partial charge in [-0.1, -0.05) is 6.08 Å². The largest absolute Gasteiger partial charge is 0.562 e. The van der Waals surface area contributed by atoms with E-state index in [2.05, 4.69) is 0 Å². The number of allylic oxidation sites excluding steroid dienone is 2. The molecule has 0 saturated heterocycles. The van der Waals surface area contributed by atoms with E-state index in [9.17, 15) is 0 Å². The molecule has 3 nitrogen and oxygen atoms in total. The number of rotatable bonds is 6. The minimum atomic E-state index is -2.40. The van der Waals surface area contributed by atoms with Crippen LogP contribution < -0.4 is 0 Å². The van der Waals surface area contributed by atoms with Crippen molar-refractivity contribution in [3.8, 4) is 0 Å². The third-order valence-electron chi connectivity index (χ3n) is 1.57. The maximum absolute atomic E-state index is 5.62. The van der Waals surface area contributed by atoms with Crippen molar-refractivity contribution in [3.05, 3.63) is 11.8 Å². The van der Waals surface area contributed by atoms with Crippen LogP contribution in [0.15, 0.2) is 11.8 Å². The summed E-state index contributed by atoms with van der Waals surface area (Å²) in [6, 6.07) is 0. The minimum Gasteiger partial charge on any atom is -0.505 e. The topological polar surface area (TPSA) is 27.7 Å². The van der Waals surface area contributed by atoms with E-state index >= 15 is 0 Å². The normalized spacial score (nSPS) is 13.2. The number of hydrogen-bond acceptors (Lipinski definition) is 3. The Labute approximate surface area is 82.1 Å². The van der Waals surface area contributed by atoms with Crippen LogP contribution in [0.5, 0.6) is 0 Å². The lowest BCUT2D eigenvalue weighted by Gasteiger charge is -2.25. The summed E-state index contributed by atoms with van der Waals surface area (Å²) in [4.78, 5) is 0. The number of hydrogen-bond donors (Lipinski definition) is 0. The molecular weight excluding hydrogens is 184 g/mol. The first-order valence-corrected chi connectivity index (χ1v) is 6.90. The fourth-order valence-corrected chi connectivity index (χ4v) is 2.93. The van der Waals surface area contributed by atoms with E-state index in [0.717, 1.165) is 5.76 Å². The summed E-state index contributed by atoms with van der Waals surface area (Å²) in [5, 5.41) is 0. The van der Waals surface area contributed by atoms with E-state index in [-0.39, 0.29) is 0 Å². The van der Waals surface area contributed by atoms with Crippen molar-refractivity contribution in [3.63, 3.8) is 0 Å². The van der Waals surface area contributed by atoms with Crippen molar-refractivity contribution >= 4 is 8.80 Å². The summed E-state index contributed by atoms with van der Waals surface area (Å²) >= 11 is 0. The van der Waals surface area contributed by atoms with Crippen molar-refractivity contribution in [2.45, 2.75) is 34.2 Å². The van der Waals surface area contributed by atoms with Gasteiger partial charge in [0.05, 0.1) is 5.76 Å². The summed E-state index contributed by atoms with van der Waals surface area (Å²) < 4.78 is 16.6. The zero-order valence-electron chi connectivity index (χ0n) is 9.22. The Bertz CT molecular complexity index is 162.